The van der Waals surface area contributed by atoms with Crippen LogP contribution in [-0.2, 0) is 5.33 Å². The molecule has 0 aliphatic heterocycles. The molecule has 1 aromatic carbocycles. The highest BCUT2D eigenvalue weighted by molar-refractivity contribution is 9.08. The van der Waals surface area contributed by atoms with Gasteiger partial charge in [-0.1, -0.05) is 66.7 Å². The van der Waals surface area contributed by atoms with Gasteiger partial charge in [-0.15, -0.1) is 0 Å². The fourth-order valence-electron chi connectivity index (χ4n) is 4.26. The van der Waals surface area contributed by atoms with Crippen LogP contribution in [-0.4, -0.2) is 12.5 Å². The molecule has 2 fully saturated rings. The molecule has 1 aromatic rings. The normalized spacial score (nSPS) is 26.3. The van der Waals surface area contributed by atoms with Crippen molar-refractivity contribution in [3.63, 3.8) is 0 Å². The summed E-state index contributed by atoms with van der Waals surface area (Å²) in [5.41, 5.74) is 2.01. The van der Waals surface area contributed by atoms with Gasteiger partial charge in [-0.05, 0) is 48.3 Å². The maximum Gasteiger partial charge on any atom is 0.252 e. The second kappa shape index (κ2) is 8.02. The number of benzene rings is 1. The van der Waals surface area contributed by atoms with Gasteiger partial charge in [0.1, 0.15) is 0 Å². The molecule has 0 atom stereocenters. The molecule has 2 radical (unpaired) electrons. The van der Waals surface area contributed by atoms with E-state index in [9.17, 15) is 4.79 Å². The Kier molecular flexibility index (Phi) is 6.56. The lowest BCUT2D eigenvalue weighted by Gasteiger charge is -2.45. The summed E-state index contributed by atoms with van der Waals surface area (Å²) in [4.78, 5) is 12.5. The quantitative estimate of drug-likeness (QED) is 0.652. The maximum absolute atomic E-state index is 12.5. The van der Waals surface area contributed by atoms with Gasteiger partial charge in [0.15, 0.2) is 0 Å². The third-order valence-corrected chi connectivity index (χ3v) is 6.39. The monoisotopic (exact) mass is 397 g/mol. The van der Waals surface area contributed by atoms with Crippen LogP contribution in [0.4, 0.5) is 0 Å². The molecule has 2 nitrogen and oxygen atoms in total. The number of nitrogens with one attached hydrogen (secondary N) is 1. The molecule has 0 unspecified atom stereocenters. The van der Waals surface area contributed by atoms with Crippen molar-refractivity contribution < 1.29 is 4.79 Å². The first-order valence-electron chi connectivity index (χ1n) is 8.24. The van der Waals surface area contributed by atoms with Crippen molar-refractivity contribution in [1.82, 2.24) is 5.32 Å². The largest absolute Gasteiger partial charge is 0.351 e. The Morgan fingerprint density at radius 2 is 2.00 bits per heavy atom. The highest BCUT2D eigenvalue weighted by Crippen LogP contribution is 2.48. The fourth-order valence-corrected chi connectivity index (χ4v) is 4.82. The summed E-state index contributed by atoms with van der Waals surface area (Å²) < 4.78 is 0. The molecule has 4 heteroatoms. The predicted molar refractivity (Wildman–Crippen MR) is 100 cm³/mol. The number of hydrogen-bond donors (Lipinski definition) is 1. The third-order valence-electron chi connectivity index (χ3n) is 5.41. The van der Waals surface area contributed by atoms with Gasteiger partial charge in [0, 0.05) is 11.9 Å². The lowest BCUT2D eigenvalue weighted by molar-refractivity contribution is 0.0682. The van der Waals surface area contributed by atoms with Gasteiger partial charge in [0.2, 0.25) is 0 Å². The van der Waals surface area contributed by atoms with Crippen molar-refractivity contribution in [2.75, 3.05) is 6.54 Å². The molecule has 2 aliphatic carbocycles. The van der Waals surface area contributed by atoms with E-state index in [-0.39, 0.29) is 13.3 Å². The highest BCUT2D eigenvalue weighted by Gasteiger charge is 2.39. The first-order chi connectivity index (χ1) is 10.6. The maximum atomic E-state index is 12.5. The van der Waals surface area contributed by atoms with Gasteiger partial charge in [0.25, 0.3) is 5.91 Å². The number of halogens is 2. The smallest absolute Gasteiger partial charge is 0.252 e. The lowest BCUT2D eigenvalue weighted by atomic mass is 9.62. The van der Waals surface area contributed by atoms with E-state index in [0.29, 0.717) is 16.0 Å². The average Bonchev–Trinajstić information content (AvgIpc) is 2.53. The first kappa shape index (κ1) is 18.8. The number of carbonyl (C=O) groups excluding carboxylic acids is 1. The molecular formula is C19H25BrClNO. The number of alkyl halides is 1. The van der Waals surface area contributed by atoms with Crippen LogP contribution in [0.5, 0.6) is 0 Å². The summed E-state index contributed by atoms with van der Waals surface area (Å²) in [6.07, 6.45) is 9.23. The van der Waals surface area contributed by atoms with Crippen LogP contribution >= 0.6 is 27.5 Å². The van der Waals surface area contributed by atoms with Crippen molar-refractivity contribution >= 4 is 33.4 Å². The molecule has 23 heavy (non-hydrogen) atoms. The topological polar surface area (TPSA) is 29.1 Å². The molecule has 0 spiro atoms. The Morgan fingerprint density at radius 3 is 2.65 bits per heavy atom. The highest BCUT2D eigenvalue weighted by atomic mass is 79.9. The van der Waals surface area contributed by atoms with Crippen LogP contribution in [0.15, 0.2) is 18.2 Å². The number of rotatable bonds is 4. The van der Waals surface area contributed by atoms with Gasteiger partial charge >= 0.3 is 0 Å². The summed E-state index contributed by atoms with van der Waals surface area (Å²) in [5.74, 6) is 0.856. The molecule has 3 rings (SSSR count). The van der Waals surface area contributed by atoms with Gasteiger partial charge in [0.05, 0.1) is 10.6 Å². The molecule has 2 saturated carbocycles. The van der Waals surface area contributed by atoms with Crippen molar-refractivity contribution in [3.8, 4) is 0 Å². The summed E-state index contributed by atoms with van der Waals surface area (Å²) in [5, 5.41) is 4.43. The molecule has 1 N–H and O–H groups in total. The van der Waals surface area contributed by atoms with Crippen LogP contribution in [0.1, 0.15) is 60.9 Å². The Morgan fingerprint density at radius 1 is 1.30 bits per heavy atom. The minimum absolute atomic E-state index is 0. The Labute approximate surface area is 153 Å². The summed E-state index contributed by atoms with van der Waals surface area (Å²) in [6.45, 7) is 0.803. The predicted octanol–water partition coefficient (Wildman–Crippen LogP) is 5.65. The molecule has 2 aliphatic rings. The minimum Gasteiger partial charge on any atom is -0.351 e. The number of fused-ring (bicyclic) bond motifs is 2. The Bertz CT molecular complexity index is 550. The van der Waals surface area contributed by atoms with Gasteiger partial charge < -0.3 is 5.32 Å². The zero-order valence-corrected chi connectivity index (χ0v) is 15.9. The van der Waals surface area contributed by atoms with Crippen LogP contribution in [0.25, 0.3) is 0 Å². The Balaban J connectivity index is 0.00000192. The third kappa shape index (κ3) is 4.30. The zero-order valence-electron chi connectivity index (χ0n) is 13.5. The molecular weight excluding hydrogens is 374 g/mol. The molecule has 1 amide bonds. The number of hydrogen-bond acceptors (Lipinski definition) is 1. The van der Waals surface area contributed by atoms with Gasteiger partial charge in [-0.2, -0.15) is 0 Å². The molecule has 0 saturated heterocycles. The van der Waals surface area contributed by atoms with Crippen molar-refractivity contribution in [2.45, 2.75) is 50.3 Å². The van der Waals surface area contributed by atoms with E-state index < -0.39 is 0 Å². The van der Waals surface area contributed by atoms with Crippen LogP contribution in [0.3, 0.4) is 0 Å². The molecule has 2 bridgehead atoms. The van der Waals surface area contributed by atoms with E-state index in [2.05, 4.69) is 21.2 Å². The van der Waals surface area contributed by atoms with E-state index >= 15 is 0 Å². The lowest BCUT2D eigenvalue weighted by Crippen LogP contribution is -2.43. The number of carbonyl (C=O) groups is 1. The van der Waals surface area contributed by atoms with Crippen LogP contribution in [0.2, 0.25) is 5.02 Å². The van der Waals surface area contributed by atoms with Crippen LogP contribution < -0.4 is 5.32 Å². The second-order valence-electron chi connectivity index (χ2n) is 6.99. The van der Waals surface area contributed by atoms with Gasteiger partial charge in [-0.25, -0.2) is 0 Å². The Hall–Kier alpha value is -0.540. The SMILES string of the molecule is O=C(NCC12CCCC(CCC1)C2)c1cc(CBr)ccc1Cl.[CH2]. The summed E-state index contributed by atoms with van der Waals surface area (Å²) in [7, 11) is 0. The van der Waals surface area contributed by atoms with E-state index in [1.807, 2.05) is 18.2 Å². The van der Waals surface area contributed by atoms with Crippen molar-refractivity contribution in [2.24, 2.45) is 11.3 Å². The fraction of sp³-hybridized carbons (Fsp3) is 0.579. The molecule has 0 heterocycles. The van der Waals surface area contributed by atoms with Crippen molar-refractivity contribution in [1.29, 1.82) is 0 Å². The van der Waals surface area contributed by atoms with Crippen molar-refractivity contribution in [3.05, 3.63) is 41.8 Å². The van der Waals surface area contributed by atoms with E-state index in [1.165, 1.54) is 44.9 Å². The summed E-state index contributed by atoms with van der Waals surface area (Å²) >= 11 is 9.62. The van der Waals surface area contributed by atoms with Gasteiger partial charge in [-0.3, -0.25) is 4.79 Å². The first-order valence-corrected chi connectivity index (χ1v) is 9.74. The zero-order chi connectivity index (χ0) is 15.6. The molecule has 0 aromatic heterocycles. The summed E-state index contributed by atoms with van der Waals surface area (Å²) in [6, 6.07) is 5.64. The van der Waals surface area contributed by atoms with E-state index in [4.69, 9.17) is 11.6 Å². The van der Waals surface area contributed by atoms with Crippen LogP contribution in [0, 0.1) is 18.8 Å². The minimum atomic E-state index is -0.0325. The second-order valence-corrected chi connectivity index (χ2v) is 7.95. The standard InChI is InChI=1S/C18H23BrClNO.CH2/c19-11-14-5-6-16(20)15(9-14)17(22)21-12-18-7-1-3-13(10-18)4-2-8-18;/h5-6,9,13H,1-4,7-8,10-12H2,(H,21,22);1H2. The molecule has 126 valence electrons. The van der Waals surface area contributed by atoms with E-state index in [1.54, 1.807) is 0 Å². The number of amides is 1. The average molecular weight is 399 g/mol. The van der Waals surface area contributed by atoms with E-state index in [0.717, 1.165) is 23.4 Å².